The largest absolute Gasteiger partial charge is 0.496 e. The number of hydrogen-bond donors (Lipinski definition) is 1. The van der Waals surface area contributed by atoms with Gasteiger partial charge in [-0.05, 0) is 64.9 Å². The van der Waals surface area contributed by atoms with E-state index in [9.17, 15) is 10.1 Å². The molecular weight excluding hydrogens is 436 g/mol. The minimum absolute atomic E-state index is 0.0192. The minimum atomic E-state index is -0.444. The van der Waals surface area contributed by atoms with E-state index in [1.807, 2.05) is 67.6 Å². The third-order valence-electron chi connectivity index (χ3n) is 5.74. The van der Waals surface area contributed by atoms with Gasteiger partial charge in [-0.3, -0.25) is 4.79 Å². The van der Waals surface area contributed by atoms with Crippen LogP contribution in [0.4, 0.5) is 5.69 Å². The first-order chi connectivity index (χ1) is 16.7. The summed E-state index contributed by atoms with van der Waals surface area (Å²) >= 11 is 0. The molecule has 0 radical (unpaired) electrons. The molecule has 0 saturated carbocycles. The number of nitrogens with zero attached hydrogens (tertiary/aromatic N) is 1. The van der Waals surface area contributed by atoms with Gasteiger partial charge in [0.25, 0.3) is 5.91 Å². The summed E-state index contributed by atoms with van der Waals surface area (Å²) in [6.07, 6.45) is 2.35. The van der Waals surface area contributed by atoms with Gasteiger partial charge in [0.05, 0.1) is 7.11 Å². The molecule has 0 spiro atoms. The van der Waals surface area contributed by atoms with E-state index in [1.54, 1.807) is 13.2 Å². The maximum absolute atomic E-state index is 12.8. The third kappa shape index (κ3) is 6.74. The molecule has 35 heavy (non-hydrogen) atoms. The van der Waals surface area contributed by atoms with Crippen LogP contribution in [-0.2, 0) is 23.2 Å². The molecule has 0 fully saturated rings. The summed E-state index contributed by atoms with van der Waals surface area (Å²) in [5.41, 5.74) is 4.58. The number of nitrogens with one attached hydrogen (secondary N) is 1. The zero-order valence-electron chi connectivity index (χ0n) is 21.0. The fourth-order valence-corrected chi connectivity index (χ4v) is 3.67. The van der Waals surface area contributed by atoms with Crippen molar-refractivity contribution >= 4 is 17.7 Å². The van der Waals surface area contributed by atoms with Crippen LogP contribution in [0.5, 0.6) is 11.5 Å². The van der Waals surface area contributed by atoms with Crippen LogP contribution in [0.3, 0.4) is 0 Å². The number of benzene rings is 3. The minimum Gasteiger partial charge on any atom is -0.496 e. The first-order valence-corrected chi connectivity index (χ1v) is 11.7. The van der Waals surface area contributed by atoms with Gasteiger partial charge >= 0.3 is 0 Å². The maximum atomic E-state index is 12.8. The van der Waals surface area contributed by atoms with Crippen LogP contribution in [0.1, 0.15) is 49.9 Å². The SMILES string of the molecule is CCc1ccccc1NC(=O)C(C#N)=Cc1ccc(OC)c(COc2ccc(C(C)(C)C)cc2)c1. The molecule has 0 aliphatic carbocycles. The Bertz CT molecular complexity index is 1250. The Morgan fingerprint density at radius 3 is 2.37 bits per heavy atom. The van der Waals surface area contributed by atoms with Crippen LogP contribution in [0.15, 0.2) is 72.3 Å². The van der Waals surface area contributed by atoms with Gasteiger partial charge in [0.1, 0.15) is 29.7 Å². The quantitative estimate of drug-likeness (QED) is 0.296. The second-order valence-electron chi connectivity index (χ2n) is 9.27. The summed E-state index contributed by atoms with van der Waals surface area (Å²) in [5.74, 6) is 0.988. The van der Waals surface area contributed by atoms with Crippen molar-refractivity contribution in [2.75, 3.05) is 12.4 Å². The molecule has 0 atom stereocenters. The predicted octanol–water partition coefficient (Wildman–Crippen LogP) is 6.68. The number of aryl methyl sites for hydroxylation is 1. The Kier molecular flexibility index (Phi) is 8.33. The lowest BCUT2D eigenvalue weighted by Crippen LogP contribution is -2.14. The first kappa shape index (κ1) is 25.6. The number of carbonyl (C=O) groups is 1. The molecular formula is C30H32N2O3. The highest BCUT2D eigenvalue weighted by Gasteiger charge is 2.14. The van der Waals surface area contributed by atoms with Gasteiger partial charge in [-0.25, -0.2) is 0 Å². The molecule has 0 unspecified atom stereocenters. The molecule has 0 aliphatic heterocycles. The highest BCUT2D eigenvalue weighted by atomic mass is 16.5. The molecule has 1 amide bonds. The zero-order chi connectivity index (χ0) is 25.4. The molecule has 5 heteroatoms. The lowest BCUT2D eigenvalue weighted by atomic mass is 9.87. The highest BCUT2D eigenvalue weighted by Crippen LogP contribution is 2.27. The van der Waals surface area contributed by atoms with Gasteiger partial charge in [-0.2, -0.15) is 5.26 Å². The third-order valence-corrected chi connectivity index (χ3v) is 5.74. The molecule has 180 valence electrons. The lowest BCUT2D eigenvalue weighted by Gasteiger charge is -2.19. The van der Waals surface area contributed by atoms with Crippen molar-refractivity contribution in [3.63, 3.8) is 0 Å². The highest BCUT2D eigenvalue weighted by molar-refractivity contribution is 6.10. The Morgan fingerprint density at radius 1 is 1.03 bits per heavy atom. The van der Waals surface area contributed by atoms with Crippen molar-refractivity contribution in [2.45, 2.75) is 46.1 Å². The van der Waals surface area contributed by atoms with Gasteiger partial charge in [0.2, 0.25) is 0 Å². The number of anilines is 1. The van der Waals surface area contributed by atoms with Crippen LogP contribution in [-0.4, -0.2) is 13.0 Å². The molecule has 5 nitrogen and oxygen atoms in total. The van der Waals surface area contributed by atoms with E-state index in [1.165, 1.54) is 5.56 Å². The Labute approximate surface area is 208 Å². The van der Waals surface area contributed by atoms with Crippen LogP contribution < -0.4 is 14.8 Å². The fraction of sp³-hybridized carbons (Fsp3) is 0.267. The number of hydrogen-bond acceptors (Lipinski definition) is 4. The van der Waals surface area contributed by atoms with E-state index in [2.05, 4.69) is 38.2 Å². The summed E-state index contributed by atoms with van der Waals surface area (Å²) in [6.45, 7) is 8.82. The summed E-state index contributed by atoms with van der Waals surface area (Å²) in [7, 11) is 1.60. The average molecular weight is 469 g/mol. The monoisotopic (exact) mass is 468 g/mol. The van der Waals surface area contributed by atoms with Crippen molar-refractivity contribution in [2.24, 2.45) is 0 Å². The molecule has 0 aliphatic rings. The van der Waals surface area contributed by atoms with E-state index in [0.29, 0.717) is 17.0 Å². The van der Waals surface area contributed by atoms with Gasteiger partial charge in [0.15, 0.2) is 0 Å². The van der Waals surface area contributed by atoms with Crippen molar-refractivity contribution < 1.29 is 14.3 Å². The lowest BCUT2D eigenvalue weighted by molar-refractivity contribution is -0.112. The smallest absolute Gasteiger partial charge is 0.266 e. The molecule has 3 aromatic rings. The summed E-state index contributed by atoms with van der Waals surface area (Å²) < 4.78 is 11.5. The predicted molar refractivity (Wildman–Crippen MR) is 141 cm³/mol. The van der Waals surface area contributed by atoms with E-state index in [-0.39, 0.29) is 17.6 Å². The van der Waals surface area contributed by atoms with Crippen molar-refractivity contribution in [1.29, 1.82) is 5.26 Å². The second-order valence-corrected chi connectivity index (χ2v) is 9.27. The summed E-state index contributed by atoms with van der Waals surface area (Å²) in [4.78, 5) is 12.8. The van der Waals surface area contributed by atoms with Gasteiger partial charge in [-0.1, -0.05) is 64.1 Å². The molecule has 3 aromatic carbocycles. The number of methoxy groups -OCH3 is 1. The van der Waals surface area contributed by atoms with Crippen molar-refractivity contribution in [1.82, 2.24) is 0 Å². The maximum Gasteiger partial charge on any atom is 0.266 e. The molecule has 0 saturated heterocycles. The fourth-order valence-electron chi connectivity index (χ4n) is 3.67. The Hall–Kier alpha value is -4.04. The van der Waals surface area contributed by atoms with Crippen LogP contribution in [0.2, 0.25) is 0 Å². The molecule has 3 rings (SSSR count). The Balaban J connectivity index is 1.78. The molecule has 0 bridgehead atoms. The number of ether oxygens (including phenoxy) is 2. The standard InChI is InChI=1S/C30H32N2O3/c1-6-22-9-7-8-10-27(22)32-29(33)23(19-31)17-21-11-16-28(34-5)24(18-21)20-35-26-14-12-25(13-15-26)30(2,3)4/h7-18H,6,20H2,1-5H3,(H,32,33). The van der Waals surface area contributed by atoms with Crippen LogP contribution in [0, 0.1) is 11.3 Å². The Morgan fingerprint density at radius 2 is 1.74 bits per heavy atom. The van der Waals surface area contributed by atoms with Gasteiger partial charge in [0, 0.05) is 11.3 Å². The van der Waals surface area contributed by atoms with E-state index in [0.717, 1.165) is 23.3 Å². The topological polar surface area (TPSA) is 71.4 Å². The van der Waals surface area contributed by atoms with Crippen LogP contribution in [0.25, 0.3) is 6.08 Å². The zero-order valence-corrected chi connectivity index (χ0v) is 21.0. The normalized spacial score (nSPS) is 11.5. The molecule has 1 N–H and O–H groups in total. The van der Waals surface area contributed by atoms with Gasteiger partial charge < -0.3 is 14.8 Å². The van der Waals surface area contributed by atoms with E-state index < -0.39 is 5.91 Å². The van der Waals surface area contributed by atoms with Gasteiger partial charge in [-0.15, -0.1) is 0 Å². The van der Waals surface area contributed by atoms with Crippen molar-refractivity contribution in [3.8, 4) is 17.6 Å². The molecule has 0 aromatic heterocycles. The second kappa shape index (κ2) is 11.4. The van der Waals surface area contributed by atoms with E-state index >= 15 is 0 Å². The number of carbonyl (C=O) groups excluding carboxylic acids is 1. The first-order valence-electron chi connectivity index (χ1n) is 11.7. The number of amides is 1. The average Bonchev–Trinajstić information content (AvgIpc) is 2.86. The van der Waals surface area contributed by atoms with Crippen molar-refractivity contribution in [3.05, 3.63) is 94.6 Å². The number of para-hydroxylation sites is 1. The van der Waals surface area contributed by atoms with Crippen LogP contribution >= 0.6 is 0 Å². The van der Waals surface area contributed by atoms with E-state index in [4.69, 9.17) is 9.47 Å². The number of rotatable bonds is 8. The number of nitriles is 1. The molecule has 0 heterocycles. The summed E-state index contributed by atoms with van der Waals surface area (Å²) in [5, 5.41) is 12.5. The summed E-state index contributed by atoms with van der Waals surface area (Å²) in [6, 6.07) is 23.1.